The Morgan fingerprint density at radius 1 is 1.09 bits per heavy atom. The van der Waals surface area contributed by atoms with Crippen LogP contribution >= 0.6 is 0 Å². The quantitative estimate of drug-likeness (QED) is 0.759. The van der Waals surface area contributed by atoms with Crippen molar-refractivity contribution in [1.29, 1.82) is 0 Å². The van der Waals surface area contributed by atoms with Gasteiger partial charge in [0.05, 0.1) is 12.8 Å². The van der Waals surface area contributed by atoms with E-state index in [1.807, 2.05) is 54.6 Å². The maximum atomic E-state index is 5.98. The van der Waals surface area contributed by atoms with Gasteiger partial charge in [0, 0.05) is 23.7 Å². The van der Waals surface area contributed by atoms with E-state index in [9.17, 15) is 0 Å². The standard InChI is InChI=1S/C18H19N3O/c1-22-15-9-7-13(8-10-15)16(12-19)18-11-17(20-21-18)14-5-3-2-4-6-14/h2-11,16H,12,19H2,1H3,(H,20,21). The summed E-state index contributed by atoms with van der Waals surface area (Å²) in [6, 6.07) is 20.2. The van der Waals surface area contributed by atoms with Crippen molar-refractivity contribution in [3.63, 3.8) is 0 Å². The molecule has 0 aliphatic heterocycles. The number of aromatic amines is 1. The van der Waals surface area contributed by atoms with E-state index in [0.717, 1.165) is 28.3 Å². The zero-order valence-corrected chi connectivity index (χ0v) is 12.5. The molecule has 3 N–H and O–H groups in total. The van der Waals surface area contributed by atoms with Gasteiger partial charge in [-0.1, -0.05) is 42.5 Å². The normalized spacial score (nSPS) is 12.1. The van der Waals surface area contributed by atoms with Crippen LogP contribution in [0.15, 0.2) is 60.7 Å². The Morgan fingerprint density at radius 3 is 2.45 bits per heavy atom. The van der Waals surface area contributed by atoms with Gasteiger partial charge in [0.1, 0.15) is 5.75 Å². The third-order valence-corrected chi connectivity index (χ3v) is 3.80. The molecule has 4 heteroatoms. The number of H-pyrrole nitrogens is 1. The van der Waals surface area contributed by atoms with E-state index in [2.05, 4.69) is 16.3 Å². The molecule has 1 atom stereocenters. The summed E-state index contributed by atoms with van der Waals surface area (Å²) in [6.45, 7) is 0.517. The number of ether oxygens (including phenoxy) is 1. The molecular formula is C18H19N3O. The minimum absolute atomic E-state index is 0.0934. The summed E-state index contributed by atoms with van der Waals surface area (Å²) in [5.41, 5.74) is 10.2. The first-order valence-corrected chi connectivity index (χ1v) is 7.26. The third-order valence-electron chi connectivity index (χ3n) is 3.80. The van der Waals surface area contributed by atoms with E-state index in [1.54, 1.807) is 7.11 Å². The highest BCUT2D eigenvalue weighted by atomic mass is 16.5. The molecule has 0 saturated heterocycles. The molecule has 0 radical (unpaired) electrons. The van der Waals surface area contributed by atoms with Gasteiger partial charge in [-0.3, -0.25) is 5.10 Å². The molecule has 3 aromatic rings. The second-order valence-electron chi connectivity index (χ2n) is 5.14. The van der Waals surface area contributed by atoms with E-state index >= 15 is 0 Å². The number of hydrogen-bond acceptors (Lipinski definition) is 3. The average molecular weight is 293 g/mol. The van der Waals surface area contributed by atoms with Crippen LogP contribution in [0.3, 0.4) is 0 Å². The van der Waals surface area contributed by atoms with Gasteiger partial charge in [0.25, 0.3) is 0 Å². The zero-order valence-electron chi connectivity index (χ0n) is 12.5. The Balaban J connectivity index is 1.89. The lowest BCUT2D eigenvalue weighted by molar-refractivity contribution is 0.414. The Kier molecular flexibility index (Phi) is 4.21. The third kappa shape index (κ3) is 2.87. The summed E-state index contributed by atoms with van der Waals surface area (Å²) in [5, 5.41) is 7.53. The minimum atomic E-state index is 0.0934. The molecule has 1 aromatic heterocycles. The van der Waals surface area contributed by atoms with Crippen LogP contribution < -0.4 is 10.5 Å². The van der Waals surface area contributed by atoms with Crippen LogP contribution in [0.1, 0.15) is 17.2 Å². The number of nitrogens with one attached hydrogen (secondary N) is 1. The highest BCUT2D eigenvalue weighted by Gasteiger charge is 2.16. The number of hydrogen-bond donors (Lipinski definition) is 2. The van der Waals surface area contributed by atoms with Gasteiger partial charge >= 0.3 is 0 Å². The predicted molar refractivity (Wildman–Crippen MR) is 87.9 cm³/mol. The van der Waals surface area contributed by atoms with Crippen molar-refractivity contribution >= 4 is 0 Å². The number of nitrogens with zero attached hydrogens (tertiary/aromatic N) is 1. The molecule has 22 heavy (non-hydrogen) atoms. The molecule has 0 fully saturated rings. The topological polar surface area (TPSA) is 63.9 Å². The lowest BCUT2D eigenvalue weighted by Crippen LogP contribution is -2.14. The van der Waals surface area contributed by atoms with E-state index in [4.69, 9.17) is 10.5 Å². The molecule has 0 saturated carbocycles. The summed E-state index contributed by atoms with van der Waals surface area (Å²) < 4.78 is 5.20. The van der Waals surface area contributed by atoms with Crippen molar-refractivity contribution in [2.45, 2.75) is 5.92 Å². The maximum Gasteiger partial charge on any atom is 0.118 e. The lowest BCUT2D eigenvalue weighted by atomic mass is 9.95. The van der Waals surface area contributed by atoms with Crippen molar-refractivity contribution in [2.75, 3.05) is 13.7 Å². The molecule has 0 bridgehead atoms. The second kappa shape index (κ2) is 6.45. The fraction of sp³-hybridized carbons (Fsp3) is 0.167. The summed E-state index contributed by atoms with van der Waals surface area (Å²) in [6.07, 6.45) is 0. The first kappa shape index (κ1) is 14.4. The van der Waals surface area contributed by atoms with Gasteiger partial charge in [-0.2, -0.15) is 5.10 Å². The van der Waals surface area contributed by atoms with Gasteiger partial charge < -0.3 is 10.5 Å². The molecule has 0 amide bonds. The molecule has 2 aromatic carbocycles. The molecule has 1 heterocycles. The van der Waals surface area contributed by atoms with E-state index < -0.39 is 0 Å². The first-order chi connectivity index (χ1) is 10.8. The van der Waals surface area contributed by atoms with Gasteiger partial charge in [-0.15, -0.1) is 0 Å². The highest BCUT2D eigenvalue weighted by Crippen LogP contribution is 2.27. The number of nitrogens with two attached hydrogens (primary N) is 1. The number of benzene rings is 2. The SMILES string of the molecule is COc1ccc(C(CN)c2cc(-c3ccccc3)n[nH]2)cc1. The van der Waals surface area contributed by atoms with E-state index in [-0.39, 0.29) is 5.92 Å². The van der Waals surface area contributed by atoms with Crippen LogP contribution in [0, 0.1) is 0 Å². The molecule has 112 valence electrons. The van der Waals surface area contributed by atoms with Crippen molar-refractivity contribution in [2.24, 2.45) is 5.73 Å². The van der Waals surface area contributed by atoms with Crippen LogP contribution in [0.4, 0.5) is 0 Å². The predicted octanol–water partition coefficient (Wildman–Crippen LogP) is 3.18. The van der Waals surface area contributed by atoms with E-state index in [1.165, 1.54) is 0 Å². The number of aromatic nitrogens is 2. The Morgan fingerprint density at radius 2 is 1.82 bits per heavy atom. The van der Waals surface area contributed by atoms with E-state index in [0.29, 0.717) is 6.54 Å². The molecule has 0 aliphatic rings. The molecular weight excluding hydrogens is 274 g/mol. The fourth-order valence-corrected chi connectivity index (χ4v) is 2.55. The van der Waals surface area contributed by atoms with Gasteiger partial charge in [-0.25, -0.2) is 0 Å². The monoisotopic (exact) mass is 293 g/mol. The largest absolute Gasteiger partial charge is 0.497 e. The molecule has 4 nitrogen and oxygen atoms in total. The Labute approximate surface area is 129 Å². The van der Waals surface area contributed by atoms with Crippen LogP contribution in [0.2, 0.25) is 0 Å². The Bertz CT molecular complexity index is 720. The lowest BCUT2D eigenvalue weighted by Gasteiger charge is -2.13. The highest BCUT2D eigenvalue weighted by molar-refractivity contribution is 5.59. The Hall–Kier alpha value is -2.59. The van der Waals surface area contributed by atoms with Crippen LogP contribution in [-0.2, 0) is 0 Å². The van der Waals surface area contributed by atoms with Gasteiger partial charge in [0.15, 0.2) is 0 Å². The second-order valence-corrected chi connectivity index (χ2v) is 5.14. The summed E-state index contributed by atoms with van der Waals surface area (Å²) >= 11 is 0. The van der Waals surface area contributed by atoms with Crippen molar-refractivity contribution in [3.8, 4) is 17.0 Å². The first-order valence-electron chi connectivity index (χ1n) is 7.26. The molecule has 0 spiro atoms. The zero-order chi connectivity index (χ0) is 15.4. The average Bonchev–Trinajstić information content (AvgIpc) is 3.07. The smallest absolute Gasteiger partial charge is 0.118 e. The molecule has 0 aliphatic carbocycles. The summed E-state index contributed by atoms with van der Waals surface area (Å²) in [5.74, 6) is 0.935. The van der Waals surface area contributed by atoms with Crippen molar-refractivity contribution in [1.82, 2.24) is 10.2 Å². The van der Waals surface area contributed by atoms with Gasteiger partial charge in [0.2, 0.25) is 0 Å². The van der Waals surface area contributed by atoms with Gasteiger partial charge in [-0.05, 0) is 23.8 Å². The van der Waals surface area contributed by atoms with Crippen LogP contribution in [0.5, 0.6) is 5.75 Å². The minimum Gasteiger partial charge on any atom is -0.497 e. The van der Waals surface area contributed by atoms with Crippen LogP contribution in [-0.4, -0.2) is 23.9 Å². The van der Waals surface area contributed by atoms with Crippen LogP contribution in [0.25, 0.3) is 11.3 Å². The summed E-state index contributed by atoms with van der Waals surface area (Å²) in [4.78, 5) is 0. The molecule has 1 unspecified atom stereocenters. The summed E-state index contributed by atoms with van der Waals surface area (Å²) in [7, 11) is 1.66. The number of rotatable bonds is 5. The molecule has 3 rings (SSSR count). The number of methoxy groups -OCH3 is 1. The van der Waals surface area contributed by atoms with Crippen molar-refractivity contribution in [3.05, 3.63) is 71.9 Å². The maximum absolute atomic E-state index is 5.98. The fourth-order valence-electron chi connectivity index (χ4n) is 2.55. The van der Waals surface area contributed by atoms with Crippen molar-refractivity contribution < 1.29 is 4.74 Å².